The minimum atomic E-state index is 0.575. The van der Waals surface area contributed by atoms with Gasteiger partial charge < -0.3 is 10.1 Å². The van der Waals surface area contributed by atoms with Crippen LogP contribution in [0.25, 0.3) is 11.4 Å². The molecule has 0 aliphatic rings. The van der Waals surface area contributed by atoms with Crippen molar-refractivity contribution in [3.05, 3.63) is 30.3 Å². The lowest BCUT2D eigenvalue weighted by atomic mass is 10.2. The molecule has 0 bridgehead atoms. The Morgan fingerprint density at radius 3 is 2.79 bits per heavy atom. The predicted octanol–water partition coefficient (Wildman–Crippen LogP) is 3.29. The van der Waals surface area contributed by atoms with E-state index in [1.54, 1.807) is 0 Å². The molecule has 102 valence electrons. The van der Waals surface area contributed by atoms with Gasteiger partial charge in [-0.15, -0.1) is 0 Å². The summed E-state index contributed by atoms with van der Waals surface area (Å²) in [6, 6.07) is 9.99. The molecule has 0 saturated carbocycles. The van der Waals surface area contributed by atoms with Crippen LogP contribution in [0.2, 0.25) is 0 Å². The molecule has 0 fully saturated rings. The molecule has 0 atom stereocenters. The smallest absolute Gasteiger partial charge is 0.202 e. The standard InChI is InChI=1S/C14H19N3OS/c1-11(2)10-18-9-8-15-14-16-13(17-19-14)12-6-4-3-5-7-12/h3-7,11H,8-10H2,1-2H3,(H,15,16,17). The lowest BCUT2D eigenvalue weighted by molar-refractivity contribution is 0.118. The van der Waals surface area contributed by atoms with E-state index in [4.69, 9.17) is 4.74 Å². The Morgan fingerprint density at radius 1 is 1.26 bits per heavy atom. The van der Waals surface area contributed by atoms with Crippen LogP contribution in [0, 0.1) is 5.92 Å². The first-order valence-electron chi connectivity index (χ1n) is 6.46. The lowest BCUT2D eigenvalue weighted by Crippen LogP contribution is -2.11. The third-order valence-electron chi connectivity index (χ3n) is 2.43. The van der Waals surface area contributed by atoms with Crippen LogP contribution in [0.15, 0.2) is 30.3 Å². The predicted molar refractivity (Wildman–Crippen MR) is 79.5 cm³/mol. The van der Waals surface area contributed by atoms with Gasteiger partial charge in [-0.05, 0) is 5.92 Å². The second-order valence-electron chi connectivity index (χ2n) is 4.68. The highest BCUT2D eigenvalue weighted by Crippen LogP contribution is 2.20. The van der Waals surface area contributed by atoms with Gasteiger partial charge in [-0.1, -0.05) is 44.2 Å². The van der Waals surface area contributed by atoms with Gasteiger partial charge in [0.1, 0.15) is 0 Å². The van der Waals surface area contributed by atoms with E-state index in [0.717, 1.165) is 29.7 Å². The summed E-state index contributed by atoms with van der Waals surface area (Å²) < 4.78 is 9.84. The Morgan fingerprint density at radius 2 is 2.05 bits per heavy atom. The molecule has 0 spiro atoms. The molecule has 1 N–H and O–H groups in total. The molecule has 0 aliphatic carbocycles. The van der Waals surface area contributed by atoms with E-state index in [1.807, 2.05) is 30.3 Å². The summed E-state index contributed by atoms with van der Waals surface area (Å²) in [6.45, 7) is 6.54. The summed E-state index contributed by atoms with van der Waals surface area (Å²) in [5.74, 6) is 1.35. The van der Waals surface area contributed by atoms with Gasteiger partial charge in [-0.25, -0.2) is 0 Å². The second kappa shape index (κ2) is 7.21. The lowest BCUT2D eigenvalue weighted by Gasteiger charge is -2.06. The van der Waals surface area contributed by atoms with Crippen LogP contribution in [0.3, 0.4) is 0 Å². The van der Waals surface area contributed by atoms with Crippen molar-refractivity contribution in [1.82, 2.24) is 9.36 Å². The molecule has 1 aromatic carbocycles. The van der Waals surface area contributed by atoms with Gasteiger partial charge in [-0.3, -0.25) is 0 Å². The zero-order chi connectivity index (χ0) is 13.5. The monoisotopic (exact) mass is 277 g/mol. The number of nitrogens with one attached hydrogen (secondary N) is 1. The highest BCUT2D eigenvalue weighted by Gasteiger charge is 2.05. The van der Waals surface area contributed by atoms with Crippen molar-refractivity contribution < 1.29 is 4.74 Å². The van der Waals surface area contributed by atoms with Gasteiger partial charge in [0.2, 0.25) is 5.13 Å². The summed E-state index contributed by atoms with van der Waals surface area (Å²) in [6.07, 6.45) is 0. The van der Waals surface area contributed by atoms with Crippen molar-refractivity contribution in [2.75, 3.05) is 25.1 Å². The molecule has 2 rings (SSSR count). The van der Waals surface area contributed by atoms with Crippen molar-refractivity contribution in [3.63, 3.8) is 0 Å². The van der Waals surface area contributed by atoms with Gasteiger partial charge in [-0.2, -0.15) is 9.36 Å². The highest BCUT2D eigenvalue weighted by molar-refractivity contribution is 7.09. The Kier molecular flexibility index (Phi) is 5.30. The van der Waals surface area contributed by atoms with Crippen LogP contribution in [0.1, 0.15) is 13.8 Å². The zero-order valence-corrected chi connectivity index (χ0v) is 12.1. The average molecular weight is 277 g/mol. The van der Waals surface area contributed by atoms with Crippen LogP contribution in [0.5, 0.6) is 0 Å². The second-order valence-corrected chi connectivity index (χ2v) is 5.44. The fraction of sp³-hybridized carbons (Fsp3) is 0.429. The molecule has 1 aromatic heterocycles. The zero-order valence-electron chi connectivity index (χ0n) is 11.3. The van der Waals surface area contributed by atoms with Crippen molar-refractivity contribution >= 4 is 16.7 Å². The number of hydrogen-bond acceptors (Lipinski definition) is 5. The minimum Gasteiger partial charge on any atom is -0.379 e. The van der Waals surface area contributed by atoms with Crippen molar-refractivity contribution in [2.24, 2.45) is 5.92 Å². The van der Waals surface area contributed by atoms with Crippen molar-refractivity contribution in [2.45, 2.75) is 13.8 Å². The minimum absolute atomic E-state index is 0.575. The molecule has 5 heteroatoms. The summed E-state index contributed by atoms with van der Waals surface area (Å²) in [5.41, 5.74) is 1.04. The topological polar surface area (TPSA) is 47.0 Å². The van der Waals surface area contributed by atoms with Gasteiger partial charge >= 0.3 is 0 Å². The molecule has 4 nitrogen and oxygen atoms in total. The third-order valence-corrected chi connectivity index (χ3v) is 3.10. The molecule has 2 aromatic rings. The number of rotatable bonds is 7. The van der Waals surface area contributed by atoms with E-state index in [-0.39, 0.29) is 0 Å². The van der Waals surface area contributed by atoms with E-state index in [0.29, 0.717) is 12.5 Å². The molecule has 0 saturated heterocycles. The maximum Gasteiger partial charge on any atom is 0.202 e. The van der Waals surface area contributed by atoms with E-state index in [2.05, 4.69) is 28.5 Å². The first-order chi connectivity index (χ1) is 9.25. The van der Waals surface area contributed by atoms with Gasteiger partial charge in [0.25, 0.3) is 0 Å². The fourth-order valence-corrected chi connectivity index (χ4v) is 2.16. The largest absolute Gasteiger partial charge is 0.379 e. The Balaban J connectivity index is 1.78. The molecule has 0 aliphatic heterocycles. The Bertz CT molecular complexity index is 484. The van der Waals surface area contributed by atoms with E-state index < -0.39 is 0 Å². The van der Waals surface area contributed by atoms with Gasteiger partial charge in [0, 0.05) is 30.2 Å². The third kappa shape index (κ3) is 4.61. The number of aromatic nitrogens is 2. The van der Waals surface area contributed by atoms with Crippen LogP contribution >= 0.6 is 11.5 Å². The number of anilines is 1. The van der Waals surface area contributed by atoms with Crippen LogP contribution < -0.4 is 5.32 Å². The molecule has 0 unspecified atom stereocenters. The summed E-state index contributed by atoms with van der Waals surface area (Å²) >= 11 is 1.38. The normalized spacial score (nSPS) is 10.9. The molecular weight excluding hydrogens is 258 g/mol. The van der Waals surface area contributed by atoms with Crippen molar-refractivity contribution in [1.29, 1.82) is 0 Å². The Hall–Kier alpha value is -1.46. The van der Waals surface area contributed by atoms with E-state index >= 15 is 0 Å². The number of hydrogen-bond donors (Lipinski definition) is 1. The highest BCUT2D eigenvalue weighted by atomic mass is 32.1. The number of benzene rings is 1. The van der Waals surface area contributed by atoms with Crippen molar-refractivity contribution in [3.8, 4) is 11.4 Å². The van der Waals surface area contributed by atoms with Crippen LogP contribution in [-0.4, -0.2) is 29.1 Å². The SMILES string of the molecule is CC(C)COCCNc1nc(-c2ccccc2)ns1. The quantitative estimate of drug-likeness (QED) is 0.789. The maximum atomic E-state index is 5.50. The molecular formula is C14H19N3OS. The summed E-state index contributed by atoms with van der Waals surface area (Å²) in [4.78, 5) is 4.45. The maximum absolute atomic E-state index is 5.50. The average Bonchev–Trinajstić information content (AvgIpc) is 2.88. The first-order valence-corrected chi connectivity index (χ1v) is 7.24. The molecule has 0 amide bonds. The molecule has 1 heterocycles. The summed E-state index contributed by atoms with van der Waals surface area (Å²) in [7, 11) is 0. The fourth-order valence-electron chi connectivity index (χ4n) is 1.55. The molecule has 0 radical (unpaired) electrons. The van der Waals surface area contributed by atoms with E-state index in [9.17, 15) is 0 Å². The number of ether oxygens (including phenoxy) is 1. The van der Waals surface area contributed by atoms with Gasteiger partial charge in [0.15, 0.2) is 5.82 Å². The summed E-state index contributed by atoms with van der Waals surface area (Å²) in [5, 5.41) is 4.07. The van der Waals surface area contributed by atoms with E-state index in [1.165, 1.54) is 11.5 Å². The van der Waals surface area contributed by atoms with Gasteiger partial charge in [0.05, 0.1) is 6.61 Å². The Labute approximate surface area is 118 Å². The van der Waals surface area contributed by atoms with Crippen LogP contribution in [-0.2, 0) is 4.74 Å². The first kappa shape index (κ1) is 14.0. The molecule has 19 heavy (non-hydrogen) atoms. The number of nitrogens with zero attached hydrogens (tertiary/aromatic N) is 2. The van der Waals surface area contributed by atoms with Crippen LogP contribution in [0.4, 0.5) is 5.13 Å².